The van der Waals surface area contributed by atoms with Gasteiger partial charge in [-0.1, -0.05) is 0 Å². The molecule has 0 bridgehead atoms. The maximum absolute atomic E-state index is 5.45. The topological polar surface area (TPSA) is 69.6 Å². The molecule has 68 valence electrons. The first kappa shape index (κ1) is 8.33. The molecule has 0 aliphatic rings. The minimum absolute atomic E-state index is 0.502. The summed E-state index contributed by atoms with van der Waals surface area (Å²) in [5, 5.41) is 6.93. The van der Waals surface area contributed by atoms with Gasteiger partial charge in [0, 0.05) is 11.9 Å². The summed E-state index contributed by atoms with van der Waals surface area (Å²) in [6.45, 7) is 1.17. The molecule has 2 N–H and O–H groups in total. The van der Waals surface area contributed by atoms with Gasteiger partial charge >= 0.3 is 0 Å². The van der Waals surface area contributed by atoms with Gasteiger partial charge in [0.1, 0.15) is 17.7 Å². The molecule has 13 heavy (non-hydrogen) atoms. The first-order chi connectivity index (χ1) is 6.38. The lowest BCUT2D eigenvalue weighted by Gasteiger charge is -1.94. The van der Waals surface area contributed by atoms with Gasteiger partial charge in [-0.15, -0.1) is 11.3 Å². The lowest BCUT2D eigenvalue weighted by Crippen LogP contribution is -2.01. The maximum Gasteiger partial charge on any atom is 0.137 e. The van der Waals surface area contributed by atoms with E-state index in [1.165, 1.54) is 6.33 Å². The Morgan fingerprint density at radius 2 is 2.46 bits per heavy atom. The van der Waals surface area contributed by atoms with Gasteiger partial charge in [-0.2, -0.15) is 5.10 Å². The van der Waals surface area contributed by atoms with Crippen LogP contribution in [0.25, 0.3) is 0 Å². The van der Waals surface area contributed by atoms with Crippen molar-refractivity contribution in [1.29, 1.82) is 0 Å². The van der Waals surface area contributed by atoms with Crippen LogP contribution in [0.15, 0.2) is 18.0 Å². The maximum atomic E-state index is 5.45. The van der Waals surface area contributed by atoms with E-state index < -0.39 is 0 Å². The molecule has 0 radical (unpaired) electrons. The van der Waals surface area contributed by atoms with Crippen LogP contribution in [0.1, 0.15) is 10.7 Å². The lowest BCUT2D eigenvalue weighted by molar-refractivity contribution is 0.672. The van der Waals surface area contributed by atoms with E-state index in [2.05, 4.69) is 15.1 Å². The summed E-state index contributed by atoms with van der Waals surface area (Å²) in [5.74, 6) is 0. The zero-order valence-electron chi connectivity index (χ0n) is 6.92. The molecule has 2 heterocycles. The number of thiazole rings is 1. The van der Waals surface area contributed by atoms with E-state index in [9.17, 15) is 0 Å². The van der Waals surface area contributed by atoms with Gasteiger partial charge in [-0.05, 0) is 0 Å². The number of nitrogens with zero attached hydrogens (tertiary/aromatic N) is 4. The van der Waals surface area contributed by atoms with Crippen LogP contribution in [0.5, 0.6) is 0 Å². The molecule has 0 atom stereocenters. The summed E-state index contributed by atoms with van der Waals surface area (Å²) in [4.78, 5) is 8.16. The Morgan fingerprint density at radius 1 is 1.54 bits per heavy atom. The molecule has 0 unspecified atom stereocenters. The monoisotopic (exact) mass is 195 g/mol. The number of hydrogen-bond acceptors (Lipinski definition) is 5. The van der Waals surface area contributed by atoms with Gasteiger partial charge in [0.15, 0.2) is 0 Å². The van der Waals surface area contributed by atoms with Crippen molar-refractivity contribution in [3.05, 3.63) is 28.7 Å². The minimum atomic E-state index is 0.502. The van der Waals surface area contributed by atoms with E-state index >= 15 is 0 Å². The van der Waals surface area contributed by atoms with Crippen molar-refractivity contribution in [2.24, 2.45) is 5.73 Å². The summed E-state index contributed by atoms with van der Waals surface area (Å²) >= 11 is 1.57. The van der Waals surface area contributed by atoms with Crippen LogP contribution in [-0.4, -0.2) is 19.7 Å². The fourth-order valence-electron chi connectivity index (χ4n) is 0.996. The normalized spacial score (nSPS) is 10.5. The quantitative estimate of drug-likeness (QED) is 0.761. The Bertz CT molecular complexity index is 366. The number of rotatable bonds is 3. The standard InChI is InChI=1S/C7H9N5S/c8-1-7-11-6(3-13-7)2-12-5-9-4-10-12/h3-5H,1-2,8H2. The van der Waals surface area contributed by atoms with Gasteiger partial charge in [0.2, 0.25) is 0 Å². The molecule has 0 amide bonds. The van der Waals surface area contributed by atoms with Crippen molar-refractivity contribution < 1.29 is 0 Å². The third kappa shape index (κ3) is 1.90. The molecule has 0 saturated heterocycles. The fraction of sp³-hybridized carbons (Fsp3) is 0.286. The predicted molar refractivity (Wildman–Crippen MR) is 49.1 cm³/mol. The van der Waals surface area contributed by atoms with Crippen LogP contribution in [-0.2, 0) is 13.1 Å². The predicted octanol–water partition coefficient (Wildman–Crippen LogP) is 0.242. The molecule has 6 heteroatoms. The molecule has 0 fully saturated rings. The van der Waals surface area contributed by atoms with E-state index in [-0.39, 0.29) is 0 Å². The van der Waals surface area contributed by atoms with Gasteiger partial charge in [0.25, 0.3) is 0 Å². The van der Waals surface area contributed by atoms with Crippen LogP contribution in [0.3, 0.4) is 0 Å². The first-order valence-corrected chi connectivity index (χ1v) is 4.72. The molecule has 0 saturated carbocycles. The molecule has 0 aliphatic carbocycles. The van der Waals surface area contributed by atoms with Crippen LogP contribution in [0.4, 0.5) is 0 Å². The van der Waals surface area contributed by atoms with Crippen LogP contribution in [0, 0.1) is 0 Å². The van der Waals surface area contributed by atoms with E-state index in [4.69, 9.17) is 5.73 Å². The SMILES string of the molecule is NCc1nc(Cn2cncn2)cs1. The van der Waals surface area contributed by atoms with Crippen molar-refractivity contribution in [1.82, 2.24) is 19.7 Å². The van der Waals surface area contributed by atoms with Gasteiger partial charge in [0.05, 0.1) is 12.2 Å². The summed E-state index contributed by atoms with van der Waals surface area (Å²) < 4.78 is 1.73. The third-order valence-electron chi connectivity index (χ3n) is 1.56. The minimum Gasteiger partial charge on any atom is -0.325 e. The molecule has 0 spiro atoms. The summed E-state index contributed by atoms with van der Waals surface area (Å²) in [6, 6.07) is 0. The Balaban J connectivity index is 2.10. The van der Waals surface area contributed by atoms with Crippen molar-refractivity contribution in [2.45, 2.75) is 13.1 Å². The van der Waals surface area contributed by atoms with E-state index in [1.54, 1.807) is 22.3 Å². The first-order valence-electron chi connectivity index (χ1n) is 3.84. The van der Waals surface area contributed by atoms with Crippen molar-refractivity contribution in [2.75, 3.05) is 0 Å². The average Bonchev–Trinajstić information content (AvgIpc) is 2.76. The molecule has 2 aromatic rings. The van der Waals surface area contributed by atoms with Gasteiger partial charge in [-0.3, -0.25) is 0 Å². The van der Waals surface area contributed by atoms with Crippen molar-refractivity contribution in [3.8, 4) is 0 Å². The van der Waals surface area contributed by atoms with Gasteiger partial charge < -0.3 is 5.73 Å². The Kier molecular flexibility index (Phi) is 2.33. The summed E-state index contributed by atoms with van der Waals surface area (Å²) in [6.07, 6.45) is 3.18. The number of nitrogens with two attached hydrogens (primary N) is 1. The summed E-state index contributed by atoms with van der Waals surface area (Å²) in [7, 11) is 0. The smallest absolute Gasteiger partial charge is 0.137 e. The zero-order valence-corrected chi connectivity index (χ0v) is 7.74. The molecular weight excluding hydrogens is 186 g/mol. The second-order valence-corrected chi connectivity index (χ2v) is 3.47. The number of hydrogen-bond donors (Lipinski definition) is 1. The lowest BCUT2D eigenvalue weighted by atomic mass is 10.5. The van der Waals surface area contributed by atoms with Crippen LogP contribution >= 0.6 is 11.3 Å². The number of aromatic nitrogens is 4. The fourth-order valence-corrected chi connectivity index (χ4v) is 1.66. The second-order valence-electron chi connectivity index (χ2n) is 2.53. The highest BCUT2D eigenvalue weighted by molar-refractivity contribution is 7.09. The highest BCUT2D eigenvalue weighted by Gasteiger charge is 2.00. The van der Waals surface area contributed by atoms with Gasteiger partial charge in [-0.25, -0.2) is 14.6 Å². The Labute approximate surface area is 79.2 Å². The molecule has 0 aromatic carbocycles. The Hall–Kier alpha value is -1.27. The average molecular weight is 195 g/mol. The van der Waals surface area contributed by atoms with Crippen LogP contribution < -0.4 is 5.73 Å². The molecule has 5 nitrogen and oxygen atoms in total. The third-order valence-corrected chi connectivity index (χ3v) is 2.48. The van der Waals surface area contributed by atoms with E-state index in [0.717, 1.165) is 10.7 Å². The van der Waals surface area contributed by atoms with E-state index in [0.29, 0.717) is 13.1 Å². The second kappa shape index (κ2) is 3.63. The zero-order chi connectivity index (χ0) is 9.10. The largest absolute Gasteiger partial charge is 0.325 e. The molecule has 2 rings (SSSR count). The van der Waals surface area contributed by atoms with Crippen LogP contribution in [0.2, 0.25) is 0 Å². The molecular formula is C7H9N5S. The Morgan fingerprint density at radius 3 is 3.08 bits per heavy atom. The highest BCUT2D eigenvalue weighted by atomic mass is 32.1. The van der Waals surface area contributed by atoms with Crippen molar-refractivity contribution in [3.63, 3.8) is 0 Å². The van der Waals surface area contributed by atoms with Crippen molar-refractivity contribution >= 4 is 11.3 Å². The summed E-state index contributed by atoms with van der Waals surface area (Å²) in [5.41, 5.74) is 6.43. The molecule has 0 aliphatic heterocycles. The van der Waals surface area contributed by atoms with E-state index in [1.807, 2.05) is 5.38 Å². The molecule has 2 aromatic heterocycles. The highest BCUT2D eigenvalue weighted by Crippen LogP contribution is 2.09.